The summed E-state index contributed by atoms with van der Waals surface area (Å²) in [6.45, 7) is 0. The van der Waals surface area contributed by atoms with Crippen LogP contribution in [-0.4, -0.2) is 6.18 Å². The molecule has 0 aliphatic heterocycles. The Morgan fingerprint density at radius 3 is 2.00 bits per heavy atom. The van der Waals surface area contributed by atoms with Gasteiger partial charge in [0.2, 0.25) is 0 Å². The molecular weight excluding hydrogens is 292 g/mol. The van der Waals surface area contributed by atoms with Crippen LogP contribution in [0.4, 0.5) is 13.2 Å². The molecule has 0 fully saturated rings. The molecule has 16 heavy (non-hydrogen) atoms. The Hall–Kier alpha value is -0.367. The third-order valence-electron chi connectivity index (χ3n) is 1.59. The fourth-order valence-electron chi connectivity index (χ4n) is 0.940. The first-order valence-electron chi connectivity index (χ1n) is 4.17. The number of rotatable bonds is 0. The molecule has 0 amide bonds. The van der Waals surface area contributed by atoms with Gasteiger partial charge in [0.15, 0.2) is 0 Å². The average molecular weight is 304 g/mol. The van der Waals surface area contributed by atoms with Gasteiger partial charge in [-0.3, -0.25) is 12.2 Å². The van der Waals surface area contributed by atoms with Crippen molar-refractivity contribution in [1.82, 2.24) is 0 Å². The zero-order chi connectivity index (χ0) is 10.4. The summed E-state index contributed by atoms with van der Waals surface area (Å²) in [5, 5.41) is 0. The third kappa shape index (κ3) is 7.00. The minimum atomic E-state index is -4.20. The molecule has 0 atom stereocenters. The maximum absolute atomic E-state index is 11.6. The zero-order valence-electron chi connectivity index (χ0n) is 8.93. The van der Waals surface area contributed by atoms with E-state index in [0.717, 1.165) is 12.5 Å². The second-order valence-electron chi connectivity index (χ2n) is 2.70. The molecule has 0 aromatic heterocycles. The van der Waals surface area contributed by atoms with Gasteiger partial charge in [-0.1, -0.05) is 0 Å². The Balaban J connectivity index is 0. The van der Waals surface area contributed by atoms with E-state index in [1.807, 2.05) is 12.2 Å². The first-order chi connectivity index (χ1) is 6.61. The van der Waals surface area contributed by atoms with Crippen LogP contribution in [0.15, 0.2) is 36.0 Å². The van der Waals surface area contributed by atoms with E-state index in [9.17, 15) is 13.2 Å². The largest absolute Gasteiger partial charge is 3.00 e. The number of hydrogen-bond donors (Lipinski definition) is 0. The van der Waals surface area contributed by atoms with Crippen molar-refractivity contribution in [2.45, 2.75) is 19.0 Å². The van der Waals surface area contributed by atoms with Gasteiger partial charge in [0.1, 0.15) is 0 Å². The molecule has 4 heteroatoms. The summed E-state index contributed by atoms with van der Waals surface area (Å²) < 4.78 is 34.8. The van der Waals surface area contributed by atoms with Crippen molar-refractivity contribution < 1.29 is 39.4 Å². The number of halogens is 3. The van der Waals surface area contributed by atoms with Crippen molar-refractivity contribution in [1.29, 1.82) is 0 Å². The summed E-state index contributed by atoms with van der Waals surface area (Å²) >= 11 is 0. The van der Waals surface area contributed by atoms with E-state index >= 15 is 0 Å². The standard InChI is InChI=1S/C6H4F3.C5H5.CH3.Zr/c7-6(8,9)5-3-1-2-4-5;1-2-4-5-3-1;;/h1,3H,2H2;1-3H,4H2;1H3;/q3*-1;+3. The van der Waals surface area contributed by atoms with Gasteiger partial charge < -0.3 is 7.43 Å². The first-order valence-corrected chi connectivity index (χ1v) is 4.17. The maximum atomic E-state index is 11.6. The van der Waals surface area contributed by atoms with Crippen molar-refractivity contribution >= 4 is 0 Å². The van der Waals surface area contributed by atoms with E-state index in [1.165, 1.54) is 6.08 Å². The van der Waals surface area contributed by atoms with E-state index in [4.69, 9.17) is 0 Å². The molecule has 2 rings (SSSR count). The predicted molar refractivity (Wildman–Crippen MR) is 54.6 cm³/mol. The van der Waals surface area contributed by atoms with Crippen molar-refractivity contribution in [2.75, 3.05) is 0 Å². The van der Waals surface area contributed by atoms with Crippen LogP contribution in [0.1, 0.15) is 12.8 Å². The zero-order valence-corrected chi connectivity index (χ0v) is 11.4. The van der Waals surface area contributed by atoms with Gasteiger partial charge in [-0.15, -0.1) is 18.4 Å². The smallest absolute Gasteiger partial charge is 0.358 e. The van der Waals surface area contributed by atoms with Gasteiger partial charge in [0.25, 0.3) is 0 Å². The van der Waals surface area contributed by atoms with Gasteiger partial charge in [-0.05, 0) is 0 Å². The van der Waals surface area contributed by atoms with E-state index in [-0.39, 0.29) is 40.1 Å². The van der Waals surface area contributed by atoms with Crippen LogP contribution in [0.5, 0.6) is 0 Å². The fourth-order valence-corrected chi connectivity index (χ4v) is 0.940. The molecule has 0 bridgehead atoms. The van der Waals surface area contributed by atoms with E-state index in [0.29, 0.717) is 0 Å². The summed E-state index contributed by atoms with van der Waals surface area (Å²) in [6.07, 6.45) is 10.7. The Kier molecular flexibility index (Phi) is 9.85. The average Bonchev–Trinajstić information content (AvgIpc) is 2.80. The van der Waals surface area contributed by atoms with Crippen LogP contribution in [0.3, 0.4) is 0 Å². The molecule has 0 nitrogen and oxygen atoms in total. The summed E-state index contributed by atoms with van der Waals surface area (Å²) in [6, 6.07) is 0. The van der Waals surface area contributed by atoms with Crippen LogP contribution >= 0.6 is 0 Å². The molecule has 2 aliphatic carbocycles. The van der Waals surface area contributed by atoms with Crippen molar-refractivity contribution in [3.05, 3.63) is 55.5 Å². The molecule has 1 radical (unpaired) electrons. The van der Waals surface area contributed by atoms with Crippen molar-refractivity contribution in [2.24, 2.45) is 0 Å². The summed E-state index contributed by atoms with van der Waals surface area (Å²) in [7, 11) is 0. The predicted octanol–water partition coefficient (Wildman–Crippen LogP) is 3.99. The van der Waals surface area contributed by atoms with Crippen LogP contribution < -0.4 is 0 Å². The van der Waals surface area contributed by atoms with Crippen molar-refractivity contribution in [3.8, 4) is 0 Å². The SMILES string of the molecule is FC(F)(F)C1=[C-]CC=C1.[C-]1=CC=CC1.[CH3-].[Zr+3]. The minimum absolute atomic E-state index is 0. The Morgan fingerprint density at radius 2 is 1.81 bits per heavy atom. The summed E-state index contributed by atoms with van der Waals surface area (Å²) in [5.41, 5.74) is -0.650. The van der Waals surface area contributed by atoms with Crippen LogP contribution in [-0.2, 0) is 26.2 Å². The molecule has 0 aromatic carbocycles. The van der Waals surface area contributed by atoms with Crippen LogP contribution in [0, 0.1) is 19.6 Å². The second-order valence-corrected chi connectivity index (χ2v) is 2.70. The molecule has 85 valence electrons. The molecule has 0 unspecified atom stereocenters. The van der Waals surface area contributed by atoms with Crippen LogP contribution in [0.2, 0.25) is 0 Å². The monoisotopic (exact) mass is 303 g/mol. The quantitative estimate of drug-likeness (QED) is 0.594. The molecule has 0 spiro atoms. The number of hydrogen-bond acceptors (Lipinski definition) is 0. The fraction of sp³-hybridized carbons (Fsp3) is 0.250. The van der Waals surface area contributed by atoms with Gasteiger partial charge in [-0.25, -0.2) is 18.2 Å². The normalized spacial score (nSPS) is 15.8. The van der Waals surface area contributed by atoms with Gasteiger partial charge in [0, 0.05) is 0 Å². The Morgan fingerprint density at radius 1 is 1.12 bits per heavy atom. The maximum Gasteiger partial charge on any atom is 3.00 e. The number of allylic oxidation sites excluding steroid dienone is 8. The second kappa shape index (κ2) is 8.75. The molecule has 0 saturated heterocycles. The van der Waals surface area contributed by atoms with Crippen molar-refractivity contribution in [3.63, 3.8) is 0 Å². The molecule has 0 aromatic rings. The molecule has 0 heterocycles. The third-order valence-corrected chi connectivity index (χ3v) is 1.59. The topological polar surface area (TPSA) is 0 Å². The first kappa shape index (κ1) is 18.0. The van der Waals surface area contributed by atoms with E-state index in [1.54, 1.807) is 0 Å². The Labute approximate surface area is 114 Å². The minimum Gasteiger partial charge on any atom is -0.358 e. The molecule has 0 N–H and O–H groups in total. The molecule has 2 aliphatic rings. The summed E-state index contributed by atoms with van der Waals surface area (Å²) in [5.74, 6) is 0. The van der Waals surface area contributed by atoms with Gasteiger partial charge in [-0.2, -0.15) is 25.3 Å². The number of alkyl halides is 3. The van der Waals surface area contributed by atoms with Gasteiger partial charge in [0.05, 0.1) is 0 Å². The molecular formula is C12H12F3Zr. The van der Waals surface area contributed by atoms with E-state index < -0.39 is 11.7 Å². The Bertz CT molecular complexity index is 286. The van der Waals surface area contributed by atoms with Crippen LogP contribution in [0.25, 0.3) is 0 Å². The molecule has 0 saturated carbocycles. The van der Waals surface area contributed by atoms with E-state index in [2.05, 4.69) is 18.2 Å². The van der Waals surface area contributed by atoms with Gasteiger partial charge >= 0.3 is 32.4 Å². The summed E-state index contributed by atoms with van der Waals surface area (Å²) in [4.78, 5) is 0.